The number of nitro groups is 1. The molecule has 37 heavy (non-hydrogen) atoms. The van der Waals surface area contributed by atoms with E-state index in [0.717, 1.165) is 11.7 Å². The van der Waals surface area contributed by atoms with Gasteiger partial charge in [-0.1, -0.05) is 133 Å². The van der Waals surface area contributed by atoms with Crippen molar-refractivity contribution in [2.75, 3.05) is 6.16 Å². The third-order valence-electron chi connectivity index (χ3n) is 6.36. The van der Waals surface area contributed by atoms with Crippen molar-refractivity contribution in [3.05, 3.63) is 161 Å². The van der Waals surface area contributed by atoms with Crippen LogP contribution < -0.4 is 21.2 Å². The van der Waals surface area contributed by atoms with Crippen LogP contribution in [0.25, 0.3) is 0 Å². The molecule has 0 saturated carbocycles. The van der Waals surface area contributed by atoms with E-state index in [2.05, 4.69) is 121 Å². The molecule has 0 spiro atoms. The smallest absolute Gasteiger partial charge is 0.258 e. The zero-order valence-corrected chi connectivity index (χ0v) is 22.1. The minimum absolute atomic E-state index is 0.125. The number of rotatable bonds is 9. The number of non-ortho nitro benzene ring substituents is 1. The fraction of sp³-hybridized carbons (Fsp3) is 0.0625. The zero-order valence-electron chi connectivity index (χ0n) is 20.3. The van der Waals surface area contributed by atoms with Crippen LogP contribution in [0.3, 0.4) is 0 Å². The van der Waals surface area contributed by atoms with E-state index in [9.17, 15) is 10.1 Å². The summed E-state index contributed by atoms with van der Waals surface area (Å²) < 4.78 is 0. The molecule has 0 fully saturated rings. The van der Waals surface area contributed by atoms with Crippen LogP contribution in [0, 0.1) is 10.1 Å². The summed E-state index contributed by atoms with van der Waals surface area (Å²) in [6, 6.07) is 50.2. The van der Waals surface area contributed by atoms with Gasteiger partial charge in [-0.25, -0.2) is 0 Å². The molecule has 1 unspecified atom stereocenters. The van der Waals surface area contributed by atoms with Gasteiger partial charge in [-0.05, 0) is 48.8 Å². The highest BCUT2D eigenvalue weighted by Gasteiger charge is 2.30. The Bertz CT molecular complexity index is 1340. The molecular weight excluding hydrogens is 492 g/mol. The first-order chi connectivity index (χ1) is 18.2. The number of nitro benzene ring substituents is 1. The van der Waals surface area contributed by atoms with E-state index in [1.807, 2.05) is 12.1 Å². The highest BCUT2D eigenvalue weighted by atomic mass is 31.1. The Kier molecular flexibility index (Phi) is 8.16. The van der Waals surface area contributed by atoms with Crippen molar-refractivity contribution in [2.45, 2.75) is 5.66 Å². The lowest BCUT2D eigenvalue weighted by molar-refractivity contribution is -0.384. The van der Waals surface area contributed by atoms with Gasteiger partial charge in [0.2, 0.25) is 0 Å². The molecule has 0 radical (unpaired) electrons. The molecule has 0 heterocycles. The van der Waals surface area contributed by atoms with Crippen molar-refractivity contribution in [1.29, 1.82) is 0 Å². The van der Waals surface area contributed by atoms with E-state index < -0.39 is 15.8 Å². The first kappa shape index (κ1) is 25.0. The number of benzene rings is 5. The lowest BCUT2D eigenvalue weighted by Gasteiger charge is -2.33. The Morgan fingerprint density at radius 3 is 1.30 bits per heavy atom. The van der Waals surface area contributed by atoms with Gasteiger partial charge in [0.25, 0.3) is 5.69 Å². The van der Waals surface area contributed by atoms with Crippen LogP contribution in [-0.2, 0) is 0 Å². The van der Waals surface area contributed by atoms with Crippen LogP contribution in [0.4, 0.5) is 5.69 Å². The fourth-order valence-corrected chi connectivity index (χ4v) is 10.5. The molecule has 0 aliphatic rings. The second kappa shape index (κ2) is 12.1. The van der Waals surface area contributed by atoms with Crippen molar-refractivity contribution < 1.29 is 4.92 Å². The second-order valence-corrected chi connectivity index (χ2v) is 13.3. The first-order valence-electron chi connectivity index (χ1n) is 12.2. The molecule has 3 nitrogen and oxygen atoms in total. The maximum atomic E-state index is 11.4. The molecule has 0 aliphatic carbocycles. The summed E-state index contributed by atoms with van der Waals surface area (Å²) in [5.74, 6) is 0. The predicted molar refractivity (Wildman–Crippen MR) is 159 cm³/mol. The van der Waals surface area contributed by atoms with E-state index in [4.69, 9.17) is 0 Å². The van der Waals surface area contributed by atoms with Crippen molar-refractivity contribution in [3.63, 3.8) is 0 Å². The normalized spacial score (nSPS) is 11.9. The molecule has 0 aromatic heterocycles. The van der Waals surface area contributed by atoms with E-state index in [1.165, 1.54) is 21.2 Å². The Hall–Kier alpha value is -3.64. The van der Waals surface area contributed by atoms with Gasteiger partial charge in [-0.15, -0.1) is 0 Å². The van der Waals surface area contributed by atoms with Crippen LogP contribution >= 0.6 is 15.8 Å². The summed E-state index contributed by atoms with van der Waals surface area (Å²) in [5.41, 5.74) is 1.44. The highest BCUT2D eigenvalue weighted by molar-refractivity contribution is 7.76. The average Bonchev–Trinajstić information content (AvgIpc) is 2.97. The van der Waals surface area contributed by atoms with E-state index in [-0.39, 0.29) is 16.3 Å². The van der Waals surface area contributed by atoms with Crippen molar-refractivity contribution in [3.8, 4) is 0 Å². The third kappa shape index (κ3) is 6.03. The quantitative estimate of drug-likeness (QED) is 0.121. The van der Waals surface area contributed by atoms with Gasteiger partial charge in [0.15, 0.2) is 0 Å². The molecular formula is C32H27NO2P2. The van der Waals surface area contributed by atoms with Gasteiger partial charge in [-0.2, -0.15) is 0 Å². The Morgan fingerprint density at radius 2 is 0.919 bits per heavy atom. The van der Waals surface area contributed by atoms with Crippen LogP contribution in [0.15, 0.2) is 146 Å². The maximum Gasteiger partial charge on any atom is 0.269 e. The topological polar surface area (TPSA) is 43.1 Å². The third-order valence-corrected chi connectivity index (χ3v) is 12.0. The molecule has 5 heteroatoms. The van der Waals surface area contributed by atoms with Crippen LogP contribution in [-0.4, -0.2) is 11.1 Å². The molecule has 5 aromatic carbocycles. The SMILES string of the molecule is O=[N+]([O-])c1ccc(C(CP(c2ccccc2)c2ccccc2)P(c2ccccc2)c2ccccc2)cc1. The van der Waals surface area contributed by atoms with E-state index in [1.54, 1.807) is 12.1 Å². The highest BCUT2D eigenvalue weighted by Crippen LogP contribution is 2.55. The molecule has 0 saturated heterocycles. The van der Waals surface area contributed by atoms with Crippen molar-refractivity contribution in [1.82, 2.24) is 0 Å². The Labute approximate surface area is 220 Å². The number of hydrogen-bond donors (Lipinski definition) is 0. The molecule has 5 rings (SSSR count). The van der Waals surface area contributed by atoms with Gasteiger partial charge >= 0.3 is 0 Å². The summed E-state index contributed by atoms with van der Waals surface area (Å²) in [4.78, 5) is 11.1. The summed E-state index contributed by atoms with van der Waals surface area (Å²) in [7, 11) is -1.45. The molecule has 0 bridgehead atoms. The zero-order chi connectivity index (χ0) is 25.5. The molecule has 0 amide bonds. The minimum Gasteiger partial charge on any atom is -0.258 e. The van der Waals surface area contributed by atoms with Crippen molar-refractivity contribution in [2.24, 2.45) is 0 Å². The lowest BCUT2D eigenvalue weighted by Crippen LogP contribution is -2.23. The van der Waals surface area contributed by atoms with Gasteiger partial charge < -0.3 is 0 Å². The van der Waals surface area contributed by atoms with Gasteiger partial charge in [0.1, 0.15) is 0 Å². The molecule has 1 atom stereocenters. The van der Waals surface area contributed by atoms with E-state index in [0.29, 0.717) is 0 Å². The Morgan fingerprint density at radius 1 is 0.541 bits per heavy atom. The minimum atomic E-state index is -0.782. The molecule has 5 aromatic rings. The summed E-state index contributed by atoms with van der Waals surface area (Å²) in [6.07, 6.45) is 0.941. The predicted octanol–water partition coefficient (Wildman–Crippen LogP) is 6.90. The van der Waals surface area contributed by atoms with Gasteiger partial charge in [0, 0.05) is 17.8 Å². The lowest BCUT2D eigenvalue weighted by atomic mass is 10.1. The van der Waals surface area contributed by atoms with Crippen molar-refractivity contribution >= 4 is 42.7 Å². The van der Waals surface area contributed by atoms with Crippen LogP contribution in [0.2, 0.25) is 0 Å². The van der Waals surface area contributed by atoms with E-state index >= 15 is 0 Å². The van der Waals surface area contributed by atoms with Crippen LogP contribution in [0.1, 0.15) is 11.2 Å². The van der Waals surface area contributed by atoms with Gasteiger partial charge in [0.05, 0.1) is 4.92 Å². The summed E-state index contributed by atoms with van der Waals surface area (Å²) in [6.45, 7) is 0. The maximum absolute atomic E-state index is 11.4. The van der Waals surface area contributed by atoms with Gasteiger partial charge in [-0.3, -0.25) is 10.1 Å². The second-order valence-electron chi connectivity index (χ2n) is 8.69. The monoisotopic (exact) mass is 519 g/mol. The largest absolute Gasteiger partial charge is 0.269 e. The average molecular weight is 520 g/mol. The Balaban J connectivity index is 1.67. The van der Waals surface area contributed by atoms with Crippen LogP contribution in [0.5, 0.6) is 0 Å². The standard InChI is InChI=1S/C32H27NO2P2/c34-33(35)27-23-21-26(22-24-27)32(37(30-17-9-3-10-18-30)31-19-11-4-12-20-31)25-36(28-13-5-1-6-14-28)29-15-7-2-8-16-29/h1-24,32H,25H2. The fourth-order valence-electron chi connectivity index (χ4n) is 4.59. The number of hydrogen-bond acceptors (Lipinski definition) is 2. The summed E-state index contributed by atoms with van der Waals surface area (Å²) in [5, 5.41) is 16.7. The molecule has 0 aliphatic heterocycles. The first-order valence-corrected chi connectivity index (χ1v) is 15.2. The number of nitrogens with zero attached hydrogens (tertiary/aromatic N) is 1. The summed E-state index contributed by atoms with van der Waals surface area (Å²) >= 11 is 0. The molecule has 182 valence electrons. The molecule has 0 N–H and O–H groups in total.